The maximum Gasteiger partial charge on any atom is 0.279 e. The topological polar surface area (TPSA) is 84.7 Å². The molecule has 1 aliphatic heterocycles. The molecule has 19 heavy (non-hydrogen) atoms. The molecule has 114 valence electrons. The summed E-state index contributed by atoms with van der Waals surface area (Å²) >= 11 is 0. The Morgan fingerprint density at radius 1 is 1.32 bits per heavy atom. The summed E-state index contributed by atoms with van der Waals surface area (Å²) in [6, 6.07) is 0. The second kappa shape index (κ2) is 6.99. The Bertz CT molecular complexity index is 357. The third-order valence-corrected chi connectivity index (χ3v) is 4.79. The molecule has 1 aliphatic rings. The number of piperidine rings is 1. The van der Waals surface area contributed by atoms with Crippen molar-refractivity contribution in [3.8, 4) is 0 Å². The molecule has 0 aromatic rings. The van der Waals surface area contributed by atoms with Gasteiger partial charge in [-0.1, -0.05) is 0 Å². The number of hydrogen-bond donors (Lipinski definition) is 2. The van der Waals surface area contributed by atoms with Gasteiger partial charge in [0.05, 0.1) is 6.10 Å². The molecule has 0 radical (unpaired) electrons. The van der Waals surface area contributed by atoms with Crippen molar-refractivity contribution in [3.63, 3.8) is 0 Å². The lowest BCUT2D eigenvalue weighted by Gasteiger charge is -2.33. The molecule has 6 nitrogen and oxygen atoms in total. The van der Waals surface area contributed by atoms with Gasteiger partial charge in [-0.2, -0.15) is 17.4 Å². The minimum atomic E-state index is -3.38. The van der Waals surface area contributed by atoms with Gasteiger partial charge >= 0.3 is 0 Å². The van der Waals surface area contributed by atoms with E-state index < -0.39 is 15.7 Å². The number of nitrogens with one attached hydrogen (secondary N) is 1. The van der Waals surface area contributed by atoms with Crippen LogP contribution >= 0.6 is 0 Å². The van der Waals surface area contributed by atoms with Gasteiger partial charge in [-0.15, -0.1) is 0 Å². The first kappa shape index (κ1) is 16.8. The van der Waals surface area contributed by atoms with Gasteiger partial charge in [0.15, 0.2) is 0 Å². The molecule has 1 fully saturated rings. The fraction of sp³-hybridized carbons (Fsp3) is 1.00. The summed E-state index contributed by atoms with van der Waals surface area (Å²) in [7, 11) is -3.38. The van der Waals surface area contributed by atoms with Crippen LogP contribution in [0, 0.1) is 0 Å². The van der Waals surface area contributed by atoms with Crippen LogP contribution in [0.1, 0.15) is 40.0 Å². The second-order valence-electron chi connectivity index (χ2n) is 5.97. The molecule has 0 aromatic carbocycles. The normalized spacial score (nSPS) is 19.8. The van der Waals surface area contributed by atoms with Crippen molar-refractivity contribution in [2.24, 2.45) is 5.73 Å². The molecular weight excluding hydrogens is 266 g/mol. The Hall–Kier alpha value is -0.210. The largest absolute Gasteiger partial charge is 0.378 e. The van der Waals surface area contributed by atoms with E-state index in [2.05, 4.69) is 4.72 Å². The third kappa shape index (κ3) is 6.18. The van der Waals surface area contributed by atoms with E-state index in [1.807, 2.05) is 20.8 Å². The van der Waals surface area contributed by atoms with Crippen LogP contribution < -0.4 is 10.5 Å². The van der Waals surface area contributed by atoms with Crippen LogP contribution in [0.3, 0.4) is 0 Å². The van der Waals surface area contributed by atoms with Crippen molar-refractivity contribution in [2.75, 3.05) is 26.2 Å². The molecule has 0 unspecified atom stereocenters. The van der Waals surface area contributed by atoms with Gasteiger partial charge in [0, 0.05) is 25.2 Å². The smallest absolute Gasteiger partial charge is 0.279 e. The molecule has 1 heterocycles. The molecule has 3 N–H and O–H groups in total. The number of nitrogens with two attached hydrogens (primary N) is 1. The molecule has 0 amide bonds. The standard InChI is InChI=1S/C12H27N3O3S/c1-12(2,3)14-19(16,17)15-8-5-11(6-9-15)18-10-4-7-13/h11,14H,4-10,13H2,1-3H3. The summed E-state index contributed by atoms with van der Waals surface area (Å²) in [5.74, 6) is 0. The molecule has 1 saturated heterocycles. The van der Waals surface area contributed by atoms with Crippen LogP contribution in [-0.4, -0.2) is 50.6 Å². The number of rotatable bonds is 6. The average molecular weight is 293 g/mol. The third-order valence-electron chi connectivity index (χ3n) is 2.88. The summed E-state index contributed by atoms with van der Waals surface area (Å²) in [6.07, 6.45) is 2.50. The summed E-state index contributed by atoms with van der Waals surface area (Å²) in [6.45, 7) is 7.84. The number of ether oxygens (including phenoxy) is 1. The molecular formula is C12H27N3O3S. The Balaban J connectivity index is 2.41. The Kier molecular flexibility index (Phi) is 6.19. The molecule has 1 rings (SSSR count). The highest BCUT2D eigenvalue weighted by molar-refractivity contribution is 7.87. The summed E-state index contributed by atoms with van der Waals surface area (Å²) < 4.78 is 34.1. The van der Waals surface area contributed by atoms with Crippen LogP contribution in [0.5, 0.6) is 0 Å². The van der Waals surface area contributed by atoms with Crippen molar-refractivity contribution in [2.45, 2.75) is 51.7 Å². The lowest BCUT2D eigenvalue weighted by molar-refractivity contribution is 0.0206. The first-order chi connectivity index (χ1) is 8.74. The Labute approximate surface area is 116 Å². The van der Waals surface area contributed by atoms with E-state index in [1.165, 1.54) is 4.31 Å². The quantitative estimate of drug-likeness (QED) is 0.696. The highest BCUT2D eigenvalue weighted by atomic mass is 32.2. The average Bonchev–Trinajstić information content (AvgIpc) is 2.27. The van der Waals surface area contributed by atoms with E-state index in [0.717, 1.165) is 19.3 Å². The van der Waals surface area contributed by atoms with Crippen molar-refractivity contribution in [1.82, 2.24) is 9.03 Å². The van der Waals surface area contributed by atoms with Gasteiger partial charge in [-0.05, 0) is 46.6 Å². The van der Waals surface area contributed by atoms with Gasteiger partial charge in [-0.3, -0.25) is 0 Å². The molecule has 0 saturated carbocycles. The molecule has 0 bridgehead atoms. The summed E-state index contributed by atoms with van der Waals surface area (Å²) in [4.78, 5) is 0. The molecule has 7 heteroatoms. The van der Waals surface area contributed by atoms with E-state index in [1.54, 1.807) is 0 Å². The Morgan fingerprint density at radius 2 is 1.89 bits per heavy atom. The van der Waals surface area contributed by atoms with Crippen LogP contribution in [0.25, 0.3) is 0 Å². The van der Waals surface area contributed by atoms with Crippen molar-refractivity contribution in [3.05, 3.63) is 0 Å². The predicted octanol–water partition coefficient (Wildman–Crippen LogP) is 0.449. The van der Waals surface area contributed by atoms with Crippen LogP contribution in [0.2, 0.25) is 0 Å². The first-order valence-corrected chi connectivity index (χ1v) is 8.29. The predicted molar refractivity (Wildman–Crippen MR) is 76.0 cm³/mol. The maximum atomic E-state index is 12.1. The van der Waals surface area contributed by atoms with Crippen molar-refractivity contribution < 1.29 is 13.2 Å². The number of hydrogen-bond acceptors (Lipinski definition) is 4. The van der Waals surface area contributed by atoms with E-state index in [0.29, 0.717) is 26.2 Å². The zero-order chi connectivity index (χ0) is 14.5. The van der Waals surface area contributed by atoms with Gasteiger partial charge in [-0.25, -0.2) is 0 Å². The van der Waals surface area contributed by atoms with Gasteiger partial charge in [0.1, 0.15) is 0 Å². The van der Waals surface area contributed by atoms with Crippen molar-refractivity contribution in [1.29, 1.82) is 0 Å². The lowest BCUT2D eigenvalue weighted by atomic mass is 10.1. The van der Waals surface area contributed by atoms with E-state index in [9.17, 15) is 8.42 Å². The lowest BCUT2D eigenvalue weighted by Crippen LogP contribution is -2.51. The van der Waals surface area contributed by atoms with Gasteiger partial charge in [0.25, 0.3) is 10.2 Å². The monoisotopic (exact) mass is 293 g/mol. The van der Waals surface area contributed by atoms with E-state index in [-0.39, 0.29) is 6.10 Å². The van der Waals surface area contributed by atoms with Crippen molar-refractivity contribution >= 4 is 10.2 Å². The van der Waals surface area contributed by atoms with E-state index in [4.69, 9.17) is 10.5 Å². The fourth-order valence-corrected chi connectivity index (χ4v) is 3.62. The van der Waals surface area contributed by atoms with Crippen LogP contribution in [0.15, 0.2) is 0 Å². The minimum Gasteiger partial charge on any atom is -0.378 e. The van der Waals surface area contributed by atoms with Gasteiger partial charge < -0.3 is 10.5 Å². The molecule has 0 spiro atoms. The minimum absolute atomic E-state index is 0.160. The molecule has 0 aliphatic carbocycles. The van der Waals surface area contributed by atoms with Crippen LogP contribution in [-0.2, 0) is 14.9 Å². The number of nitrogens with zero attached hydrogens (tertiary/aromatic N) is 1. The summed E-state index contributed by atoms with van der Waals surface area (Å²) in [5, 5.41) is 0. The second-order valence-corrected chi connectivity index (χ2v) is 7.64. The summed E-state index contributed by atoms with van der Waals surface area (Å²) in [5.41, 5.74) is 4.96. The highest BCUT2D eigenvalue weighted by Crippen LogP contribution is 2.17. The van der Waals surface area contributed by atoms with Gasteiger partial charge in [0.2, 0.25) is 0 Å². The highest BCUT2D eigenvalue weighted by Gasteiger charge is 2.30. The zero-order valence-corrected chi connectivity index (χ0v) is 13.0. The van der Waals surface area contributed by atoms with E-state index >= 15 is 0 Å². The maximum absolute atomic E-state index is 12.1. The molecule has 0 atom stereocenters. The first-order valence-electron chi connectivity index (χ1n) is 6.85. The fourth-order valence-electron chi connectivity index (χ4n) is 2.02. The van der Waals surface area contributed by atoms with Crippen LogP contribution in [0.4, 0.5) is 0 Å². The molecule has 0 aromatic heterocycles. The SMILES string of the molecule is CC(C)(C)NS(=O)(=O)N1CCC(OCCCN)CC1. The Morgan fingerprint density at radius 3 is 2.37 bits per heavy atom. The zero-order valence-electron chi connectivity index (χ0n) is 12.2.